The Bertz CT molecular complexity index is 413. The summed E-state index contributed by atoms with van der Waals surface area (Å²) in [6.45, 7) is 0. The summed E-state index contributed by atoms with van der Waals surface area (Å²) in [5.74, 6) is -0.188. The molecule has 0 aromatic heterocycles. The minimum Gasteiger partial charge on any atom is -0.468 e. The fourth-order valence-electron chi connectivity index (χ4n) is 2.34. The number of rotatable bonds is 2. The Morgan fingerprint density at radius 3 is 2.75 bits per heavy atom. The minimum absolute atomic E-state index is 0.0954. The number of hydrogen-bond acceptors (Lipinski definition) is 3. The number of hydrogen-bond donors (Lipinski definition) is 1. The second-order valence-electron chi connectivity index (χ2n) is 4.25. The van der Waals surface area contributed by atoms with Crippen molar-refractivity contribution in [1.29, 1.82) is 0 Å². The third-order valence-electron chi connectivity index (χ3n) is 3.17. The molecule has 3 nitrogen and oxygen atoms in total. The van der Waals surface area contributed by atoms with Gasteiger partial charge in [-0.2, -0.15) is 0 Å². The van der Waals surface area contributed by atoms with Crippen LogP contribution in [0, 0.1) is 0 Å². The maximum Gasteiger partial charge on any atom is 0.316 e. The number of esters is 1. The molecule has 86 valence electrons. The van der Waals surface area contributed by atoms with Gasteiger partial charge in [0.2, 0.25) is 0 Å². The predicted octanol–water partition coefficient (Wildman–Crippen LogP) is 1.98. The van der Waals surface area contributed by atoms with E-state index in [4.69, 9.17) is 10.5 Å². The highest BCUT2D eigenvalue weighted by Gasteiger charge is 2.51. The molecule has 0 aliphatic heterocycles. The van der Waals surface area contributed by atoms with Crippen molar-refractivity contribution >= 4 is 21.9 Å². The first-order chi connectivity index (χ1) is 7.58. The van der Waals surface area contributed by atoms with E-state index in [9.17, 15) is 4.79 Å². The molecule has 1 aromatic carbocycles. The SMILES string of the molecule is COC(=O)C1(c2cccc(Br)c2)CC(N)C1. The molecule has 0 unspecified atom stereocenters. The van der Waals surface area contributed by atoms with Crippen LogP contribution in [0.25, 0.3) is 0 Å². The van der Waals surface area contributed by atoms with Crippen LogP contribution in [0.3, 0.4) is 0 Å². The Morgan fingerprint density at radius 1 is 1.56 bits per heavy atom. The van der Waals surface area contributed by atoms with Gasteiger partial charge in [0, 0.05) is 10.5 Å². The maximum absolute atomic E-state index is 11.9. The zero-order valence-corrected chi connectivity index (χ0v) is 10.7. The zero-order valence-electron chi connectivity index (χ0n) is 9.07. The molecule has 0 amide bonds. The predicted molar refractivity (Wildman–Crippen MR) is 65.0 cm³/mol. The normalized spacial score (nSPS) is 28.3. The summed E-state index contributed by atoms with van der Waals surface area (Å²) in [5.41, 5.74) is 6.25. The van der Waals surface area contributed by atoms with Gasteiger partial charge in [-0.05, 0) is 30.5 Å². The molecule has 0 atom stereocenters. The summed E-state index contributed by atoms with van der Waals surface area (Å²) in [5, 5.41) is 0. The number of halogens is 1. The van der Waals surface area contributed by atoms with Crippen molar-refractivity contribution in [3.05, 3.63) is 34.3 Å². The molecule has 2 N–H and O–H groups in total. The van der Waals surface area contributed by atoms with Gasteiger partial charge < -0.3 is 10.5 Å². The Balaban J connectivity index is 2.37. The lowest BCUT2D eigenvalue weighted by molar-refractivity contribution is -0.152. The van der Waals surface area contributed by atoms with Gasteiger partial charge in [0.1, 0.15) is 0 Å². The van der Waals surface area contributed by atoms with E-state index in [-0.39, 0.29) is 12.0 Å². The molecule has 1 aliphatic carbocycles. The summed E-state index contributed by atoms with van der Waals surface area (Å²) in [6, 6.07) is 7.87. The van der Waals surface area contributed by atoms with Crippen molar-refractivity contribution in [2.45, 2.75) is 24.3 Å². The second-order valence-corrected chi connectivity index (χ2v) is 5.17. The smallest absolute Gasteiger partial charge is 0.316 e. The lowest BCUT2D eigenvalue weighted by atomic mass is 9.62. The highest BCUT2D eigenvalue weighted by Crippen LogP contribution is 2.44. The first-order valence-electron chi connectivity index (χ1n) is 5.18. The van der Waals surface area contributed by atoms with Gasteiger partial charge in [-0.15, -0.1) is 0 Å². The van der Waals surface area contributed by atoms with Crippen LogP contribution < -0.4 is 5.73 Å². The van der Waals surface area contributed by atoms with Crippen molar-refractivity contribution in [3.8, 4) is 0 Å². The Kier molecular flexibility index (Phi) is 3.04. The second kappa shape index (κ2) is 4.18. The topological polar surface area (TPSA) is 52.3 Å². The van der Waals surface area contributed by atoms with Gasteiger partial charge in [-0.25, -0.2) is 0 Å². The molecule has 0 saturated heterocycles. The fourth-order valence-corrected chi connectivity index (χ4v) is 2.74. The van der Waals surface area contributed by atoms with E-state index < -0.39 is 5.41 Å². The molecular formula is C12H14BrNO2. The summed E-state index contributed by atoms with van der Waals surface area (Å²) in [7, 11) is 1.42. The van der Waals surface area contributed by atoms with Gasteiger partial charge >= 0.3 is 5.97 Å². The fraction of sp³-hybridized carbons (Fsp3) is 0.417. The molecule has 1 aliphatic rings. The van der Waals surface area contributed by atoms with Crippen LogP contribution in [0.4, 0.5) is 0 Å². The zero-order chi connectivity index (χ0) is 11.8. The van der Waals surface area contributed by atoms with Gasteiger partial charge in [-0.3, -0.25) is 4.79 Å². The molecule has 1 aromatic rings. The van der Waals surface area contributed by atoms with E-state index in [1.807, 2.05) is 24.3 Å². The van der Waals surface area contributed by atoms with Crippen LogP contribution in [-0.4, -0.2) is 19.1 Å². The number of ether oxygens (including phenoxy) is 1. The van der Waals surface area contributed by atoms with Crippen molar-refractivity contribution in [1.82, 2.24) is 0 Å². The van der Waals surface area contributed by atoms with E-state index in [0.29, 0.717) is 12.8 Å². The summed E-state index contributed by atoms with van der Waals surface area (Å²) >= 11 is 3.41. The van der Waals surface area contributed by atoms with Crippen molar-refractivity contribution in [2.75, 3.05) is 7.11 Å². The monoisotopic (exact) mass is 283 g/mol. The third-order valence-corrected chi connectivity index (χ3v) is 3.67. The highest BCUT2D eigenvalue weighted by atomic mass is 79.9. The van der Waals surface area contributed by atoms with Crippen LogP contribution >= 0.6 is 15.9 Å². The molecule has 1 fully saturated rings. The number of benzene rings is 1. The molecule has 0 heterocycles. The first kappa shape index (κ1) is 11.6. The highest BCUT2D eigenvalue weighted by molar-refractivity contribution is 9.10. The summed E-state index contributed by atoms with van der Waals surface area (Å²) < 4.78 is 5.86. The van der Waals surface area contributed by atoms with E-state index >= 15 is 0 Å². The van der Waals surface area contributed by atoms with Gasteiger partial charge in [-0.1, -0.05) is 28.1 Å². The standard InChI is InChI=1S/C12H14BrNO2/c1-16-11(15)12(6-10(14)7-12)8-3-2-4-9(13)5-8/h2-5,10H,6-7,14H2,1H3. The van der Waals surface area contributed by atoms with E-state index in [1.165, 1.54) is 7.11 Å². The minimum atomic E-state index is -0.530. The van der Waals surface area contributed by atoms with E-state index in [0.717, 1.165) is 10.0 Å². The molecule has 2 rings (SSSR count). The molecule has 16 heavy (non-hydrogen) atoms. The molecule has 4 heteroatoms. The van der Waals surface area contributed by atoms with Gasteiger partial charge in [0.25, 0.3) is 0 Å². The Hall–Kier alpha value is -0.870. The Labute approximate surface area is 103 Å². The number of carbonyl (C=O) groups is 1. The maximum atomic E-state index is 11.9. The number of methoxy groups -OCH3 is 1. The van der Waals surface area contributed by atoms with Crippen LogP contribution in [0.15, 0.2) is 28.7 Å². The third kappa shape index (κ3) is 1.76. The molecular weight excluding hydrogens is 270 g/mol. The van der Waals surface area contributed by atoms with Crippen LogP contribution in [-0.2, 0) is 14.9 Å². The average Bonchev–Trinajstić information content (AvgIpc) is 2.23. The average molecular weight is 284 g/mol. The number of carbonyl (C=O) groups excluding carboxylic acids is 1. The lowest BCUT2D eigenvalue weighted by Crippen LogP contribution is -2.54. The van der Waals surface area contributed by atoms with Crippen molar-refractivity contribution in [2.24, 2.45) is 5.73 Å². The van der Waals surface area contributed by atoms with E-state index in [2.05, 4.69) is 15.9 Å². The summed E-state index contributed by atoms with van der Waals surface area (Å²) in [4.78, 5) is 11.9. The Morgan fingerprint density at radius 2 is 2.25 bits per heavy atom. The van der Waals surface area contributed by atoms with Crippen molar-refractivity contribution in [3.63, 3.8) is 0 Å². The van der Waals surface area contributed by atoms with Crippen LogP contribution in [0.5, 0.6) is 0 Å². The molecule has 0 spiro atoms. The van der Waals surface area contributed by atoms with Crippen LogP contribution in [0.1, 0.15) is 18.4 Å². The van der Waals surface area contributed by atoms with Crippen LogP contribution in [0.2, 0.25) is 0 Å². The molecule has 0 bridgehead atoms. The van der Waals surface area contributed by atoms with E-state index in [1.54, 1.807) is 0 Å². The first-order valence-corrected chi connectivity index (χ1v) is 5.98. The summed E-state index contributed by atoms with van der Waals surface area (Å²) in [6.07, 6.45) is 1.33. The van der Waals surface area contributed by atoms with Crippen molar-refractivity contribution < 1.29 is 9.53 Å². The lowest BCUT2D eigenvalue weighted by Gasteiger charge is -2.43. The largest absolute Gasteiger partial charge is 0.468 e. The van der Waals surface area contributed by atoms with Gasteiger partial charge in [0.15, 0.2) is 0 Å². The van der Waals surface area contributed by atoms with Gasteiger partial charge in [0.05, 0.1) is 12.5 Å². The molecule has 1 saturated carbocycles. The quantitative estimate of drug-likeness (QED) is 0.845. The molecule has 0 radical (unpaired) electrons. The number of nitrogens with two attached hydrogens (primary N) is 1.